The summed E-state index contributed by atoms with van der Waals surface area (Å²) >= 11 is 0. The molecule has 5 heteroatoms. The predicted octanol–water partition coefficient (Wildman–Crippen LogP) is 3.04. The Labute approximate surface area is 141 Å². The number of fused-ring (bicyclic) bond motifs is 1. The van der Waals surface area contributed by atoms with E-state index in [1.54, 1.807) is 30.6 Å². The van der Waals surface area contributed by atoms with E-state index in [9.17, 15) is 4.79 Å². The van der Waals surface area contributed by atoms with Crippen LogP contribution < -0.4 is 10.6 Å². The van der Waals surface area contributed by atoms with E-state index < -0.39 is 5.41 Å². The number of nitrogens with zero attached hydrogens (tertiary/aromatic N) is 3. The van der Waals surface area contributed by atoms with Crippen molar-refractivity contribution < 1.29 is 4.79 Å². The number of rotatable bonds is 3. The van der Waals surface area contributed by atoms with Gasteiger partial charge in [0.1, 0.15) is 0 Å². The monoisotopic (exact) mass is 320 g/mol. The van der Waals surface area contributed by atoms with Gasteiger partial charge in [-0.3, -0.25) is 14.8 Å². The fourth-order valence-electron chi connectivity index (χ4n) is 2.95. The first-order valence-corrected chi connectivity index (χ1v) is 7.74. The van der Waals surface area contributed by atoms with Crippen molar-refractivity contribution in [1.82, 2.24) is 4.98 Å². The molecule has 1 aromatic carbocycles. The molecule has 0 fully saturated rings. The molecule has 24 heavy (non-hydrogen) atoms. The summed E-state index contributed by atoms with van der Waals surface area (Å²) in [5, 5.41) is 0. The van der Waals surface area contributed by atoms with Crippen LogP contribution in [0.1, 0.15) is 25.0 Å². The molecule has 1 aliphatic rings. The lowest BCUT2D eigenvalue weighted by atomic mass is 9.85. The van der Waals surface area contributed by atoms with Crippen molar-refractivity contribution in [2.45, 2.75) is 19.3 Å². The molecule has 1 aromatic heterocycles. The molecule has 0 radical (unpaired) electrons. The smallest absolute Gasteiger partial charge is 0.236 e. The summed E-state index contributed by atoms with van der Waals surface area (Å²) in [6.07, 6.45) is 6.63. The SMILES string of the molecule is CN1C(=O)C(C)(C)c2ccc(C(C=Nc3ccncc3)=CN)cc21. The molecule has 0 atom stereocenters. The number of amides is 1. The summed E-state index contributed by atoms with van der Waals surface area (Å²) in [7, 11) is 1.80. The van der Waals surface area contributed by atoms with E-state index in [2.05, 4.69) is 9.98 Å². The molecule has 2 N–H and O–H groups in total. The van der Waals surface area contributed by atoms with Crippen molar-refractivity contribution >= 4 is 29.1 Å². The van der Waals surface area contributed by atoms with E-state index in [0.717, 1.165) is 28.1 Å². The van der Waals surface area contributed by atoms with Gasteiger partial charge in [0, 0.05) is 43.1 Å². The second-order valence-corrected chi connectivity index (χ2v) is 6.31. The van der Waals surface area contributed by atoms with Gasteiger partial charge in [-0.05, 0) is 43.2 Å². The third kappa shape index (κ3) is 2.58. The van der Waals surface area contributed by atoms with Crippen LogP contribution in [0.3, 0.4) is 0 Å². The fourth-order valence-corrected chi connectivity index (χ4v) is 2.95. The molecule has 1 aliphatic heterocycles. The fraction of sp³-hybridized carbons (Fsp3) is 0.211. The summed E-state index contributed by atoms with van der Waals surface area (Å²) in [6, 6.07) is 9.60. The molecular weight excluding hydrogens is 300 g/mol. The third-order valence-corrected chi connectivity index (χ3v) is 4.40. The first-order valence-electron chi connectivity index (χ1n) is 7.74. The average Bonchev–Trinajstić information content (AvgIpc) is 2.77. The Kier molecular flexibility index (Phi) is 3.93. The Balaban J connectivity index is 1.96. The van der Waals surface area contributed by atoms with Gasteiger partial charge in [-0.25, -0.2) is 0 Å². The summed E-state index contributed by atoms with van der Waals surface area (Å²) in [4.78, 5) is 22.5. The first kappa shape index (κ1) is 15.9. The molecule has 5 nitrogen and oxygen atoms in total. The van der Waals surface area contributed by atoms with E-state index in [4.69, 9.17) is 5.73 Å². The Morgan fingerprint density at radius 3 is 2.62 bits per heavy atom. The molecule has 0 saturated carbocycles. The van der Waals surface area contributed by atoms with Gasteiger partial charge in [-0.1, -0.05) is 12.1 Å². The standard InChI is InChI=1S/C19H20N4O/c1-19(2)16-5-4-13(10-17(16)23(3)18(19)24)14(11-20)12-22-15-6-8-21-9-7-15/h4-12H,20H2,1-3H3. The maximum atomic E-state index is 12.4. The Morgan fingerprint density at radius 1 is 1.25 bits per heavy atom. The summed E-state index contributed by atoms with van der Waals surface area (Å²) in [5.74, 6) is 0.0957. The molecule has 122 valence electrons. The average molecular weight is 320 g/mol. The van der Waals surface area contributed by atoms with Crippen molar-refractivity contribution in [2.24, 2.45) is 10.7 Å². The van der Waals surface area contributed by atoms with Gasteiger partial charge in [-0.15, -0.1) is 0 Å². The summed E-state index contributed by atoms with van der Waals surface area (Å²) in [5.41, 5.74) is 9.75. The molecule has 0 aliphatic carbocycles. The lowest BCUT2D eigenvalue weighted by molar-refractivity contribution is -0.121. The van der Waals surface area contributed by atoms with Crippen LogP contribution in [0.5, 0.6) is 0 Å². The Hall–Kier alpha value is -2.95. The van der Waals surface area contributed by atoms with Crippen molar-refractivity contribution in [3.63, 3.8) is 0 Å². The number of hydrogen-bond acceptors (Lipinski definition) is 4. The number of nitrogens with two attached hydrogens (primary N) is 1. The summed E-state index contributed by atoms with van der Waals surface area (Å²) in [6.45, 7) is 3.89. The van der Waals surface area contributed by atoms with Gasteiger partial charge < -0.3 is 10.6 Å². The molecule has 1 amide bonds. The quantitative estimate of drug-likeness (QED) is 0.884. The van der Waals surface area contributed by atoms with Crippen LogP contribution in [0.15, 0.2) is 53.9 Å². The largest absolute Gasteiger partial charge is 0.404 e. The zero-order valence-corrected chi connectivity index (χ0v) is 14.0. The van der Waals surface area contributed by atoms with Crippen LogP contribution in [0.4, 0.5) is 11.4 Å². The number of carbonyl (C=O) groups is 1. The topological polar surface area (TPSA) is 71.6 Å². The number of aromatic nitrogens is 1. The minimum absolute atomic E-state index is 0.0957. The molecule has 2 aromatic rings. The van der Waals surface area contributed by atoms with Gasteiger partial charge in [0.15, 0.2) is 0 Å². The maximum absolute atomic E-state index is 12.4. The molecule has 0 bridgehead atoms. The zero-order chi connectivity index (χ0) is 17.3. The van der Waals surface area contributed by atoms with E-state index in [-0.39, 0.29) is 5.91 Å². The van der Waals surface area contributed by atoms with E-state index >= 15 is 0 Å². The van der Waals surface area contributed by atoms with Crippen LogP contribution in [-0.4, -0.2) is 24.2 Å². The third-order valence-electron chi connectivity index (χ3n) is 4.40. The highest BCUT2D eigenvalue weighted by atomic mass is 16.2. The van der Waals surface area contributed by atoms with Gasteiger partial charge >= 0.3 is 0 Å². The Morgan fingerprint density at radius 2 is 1.96 bits per heavy atom. The second kappa shape index (κ2) is 5.92. The van der Waals surface area contributed by atoms with Crippen LogP contribution in [0, 0.1) is 0 Å². The van der Waals surface area contributed by atoms with Gasteiger partial charge in [-0.2, -0.15) is 0 Å². The van der Waals surface area contributed by atoms with E-state index in [1.165, 1.54) is 6.20 Å². The van der Waals surface area contributed by atoms with Gasteiger partial charge in [0.05, 0.1) is 11.1 Å². The minimum atomic E-state index is -0.500. The highest BCUT2D eigenvalue weighted by molar-refractivity contribution is 6.12. The lowest BCUT2D eigenvalue weighted by Crippen LogP contribution is -2.33. The Bertz CT molecular complexity index is 838. The predicted molar refractivity (Wildman–Crippen MR) is 97.4 cm³/mol. The number of pyridine rings is 1. The van der Waals surface area contributed by atoms with Gasteiger partial charge in [0.25, 0.3) is 0 Å². The number of anilines is 1. The lowest BCUT2D eigenvalue weighted by Gasteiger charge is -2.16. The highest BCUT2D eigenvalue weighted by Gasteiger charge is 2.42. The van der Waals surface area contributed by atoms with Crippen LogP contribution >= 0.6 is 0 Å². The van der Waals surface area contributed by atoms with Crippen molar-refractivity contribution in [1.29, 1.82) is 0 Å². The molecular formula is C19H20N4O. The summed E-state index contributed by atoms with van der Waals surface area (Å²) < 4.78 is 0. The number of carbonyl (C=O) groups excluding carboxylic acids is 1. The van der Waals surface area contributed by atoms with Crippen LogP contribution in [0.25, 0.3) is 5.57 Å². The van der Waals surface area contributed by atoms with Crippen LogP contribution in [0.2, 0.25) is 0 Å². The van der Waals surface area contributed by atoms with E-state index in [0.29, 0.717) is 0 Å². The molecule has 2 heterocycles. The highest BCUT2D eigenvalue weighted by Crippen LogP contribution is 2.41. The van der Waals surface area contributed by atoms with E-state index in [1.807, 2.05) is 44.2 Å². The second-order valence-electron chi connectivity index (χ2n) is 6.31. The molecule has 0 spiro atoms. The maximum Gasteiger partial charge on any atom is 0.236 e. The van der Waals surface area contributed by atoms with Crippen molar-refractivity contribution in [3.8, 4) is 0 Å². The number of benzene rings is 1. The molecule has 0 unspecified atom stereocenters. The number of allylic oxidation sites excluding steroid dienone is 1. The molecule has 3 rings (SSSR count). The van der Waals surface area contributed by atoms with Crippen LogP contribution in [-0.2, 0) is 10.2 Å². The van der Waals surface area contributed by atoms with Gasteiger partial charge in [0.2, 0.25) is 5.91 Å². The van der Waals surface area contributed by atoms with Crippen molar-refractivity contribution in [3.05, 3.63) is 60.1 Å². The normalized spacial score (nSPS) is 16.7. The number of likely N-dealkylation sites (N-methyl/N-ethyl adjacent to an activating group) is 1. The zero-order valence-electron chi connectivity index (χ0n) is 14.0. The first-order chi connectivity index (χ1) is 11.4. The van der Waals surface area contributed by atoms with Crippen molar-refractivity contribution in [2.75, 3.05) is 11.9 Å². The minimum Gasteiger partial charge on any atom is -0.404 e. The molecule has 0 saturated heterocycles. The number of aliphatic imine (C=N–C) groups is 1. The number of hydrogen-bond donors (Lipinski definition) is 1.